The van der Waals surface area contributed by atoms with Crippen LogP contribution in [0.3, 0.4) is 0 Å². The fraction of sp³-hybridized carbons (Fsp3) is 1.00. The Bertz CT molecular complexity index is 167. The number of hydrogen-bond donors (Lipinski definition) is 2. The third-order valence-corrected chi connectivity index (χ3v) is 2.27. The maximum absolute atomic E-state index is 12.3. The summed E-state index contributed by atoms with van der Waals surface area (Å²) in [5.74, 6) is -0.624. The molecule has 0 radical (unpaired) electrons. The molecule has 0 aromatic rings. The molecule has 0 aromatic carbocycles. The van der Waals surface area contributed by atoms with Gasteiger partial charge < -0.3 is 10.8 Å². The van der Waals surface area contributed by atoms with E-state index in [4.69, 9.17) is 5.73 Å². The van der Waals surface area contributed by atoms with Gasteiger partial charge in [0.25, 0.3) is 0 Å². The van der Waals surface area contributed by atoms with Crippen LogP contribution in [0.5, 0.6) is 0 Å². The fourth-order valence-electron chi connectivity index (χ4n) is 1.36. The van der Waals surface area contributed by atoms with E-state index in [9.17, 15) is 18.3 Å². The molecule has 0 aliphatic heterocycles. The molecule has 1 unspecified atom stereocenters. The van der Waals surface area contributed by atoms with E-state index < -0.39 is 17.7 Å². The molecular formula is C7H12F3NO. The van der Waals surface area contributed by atoms with Crippen LogP contribution >= 0.6 is 0 Å². The Balaban J connectivity index is 2.70. The van der Waals surface area contributed by atoms with Gasteiger partial charge in [-0.3, -0.25) is 0 Å². The number of aliphatic hydroxyl groups is 1. The second kappa shape index (κ2) is 2.88. The Morgan fingerprint density at radius 3 is 2.08 bits per heavy atom. The van der Waals surface area contributed by atoms with E-state index in [1.165, 1.54) is 0 Å². The van der Waals surface area contributed by atoms with Crippen LogP contribution in [0.1, 0.15) is 19.3 Å². The summed E-state index contributed by atoms with van der Waals surface area (Å²) < 4.78 is 36.8. The minimum atomic E-state index is -4.53. The van der Waals surface area contributed by atoms with E-state index in [-0.39, 0.29) is 13.0 Å². The summed E-state index contributed by atoms with van der Waals surface area (Å²) in [4.78, 5) is 0. The number of hydrogen-bond acceptors (Lipinski definition) is 2. The van der Waals surface area contributed by atoms with Gasteiger partial charge in [-0.1, -0.05) is 0 Å². The first-order chi connectivity index (χ1) is 5.42. The van der Waals surface area contributed by atoms with Crippen LogP contribution in [0.2, 0.25) is 0 Å². The van der Waals surface area contributed by atoms with Crippen molar-refractivity contribution in [1.82, 2.24) is 0 Å². The summed E-state index contributed by atoms with van der Waals surface area (Å²) in [5, 5.41) is 9.28. The minimum Gasteiger partial charge on any atom is -0.380 e. The van der Waals surface area contributed by atoms with Crippen molar-refractivity contribution in [3.8, 4) is 0 Å². The van der Waals surface area contributed by atoms with Crippen molar-refractivity contribution in [2.45, 2.75) is 31.0 Å². The molecule has 72 valence electrons. The first-order valence-corrected chi connectivity index (χ1v) is 3.91. The van der Waals surface area contributed by atoms with Crippen molar-refractivity contribution < 1.29 is 18.3 Å². The monoisotopic (exact) mass is 183 g/mol. The van der Waals surface area contributed by atoms with Crippen molar-refractivity contribution in [2.24, 2.45) is 11.7 Å². The van der Waals surface area contributed by atoms with Gasteiger partial charge in [0, 0.05) is 0 Å². The number of alkyl halides is 3. The van der Waals surface area contributed by atoms with Gasteiger partial charge in [0.05, 0.1) is 0 Å². The Morgan fingerprint density at radius 1 is 1.33 bits per heavy atom. The minimum absolute atomic E-state index is 0.132. The third-order valence-electron chi connectivity index (χ3n) is 2.27. The lowest BCUT2D eigenvalue weighted by Gasteiger charge is -2.30. The maximum atomic E-state index is 12.3. The Morgan fingerprint density at radius 2 is 1.83 bits per heavy atom. The summed E-state index contributed by atoms with van der Waals surface area (Å²) in [6.07, 6.45) is -4.01. The smallest absolute Gasteiger partial charge is 0.380 e. The molecule has 0 heterocycles. The highest BCUT2D eigenvalue weighted by atomic mass is 19.4. The maximum Gasteiger partial charge on any atom is 0.417 e. The van der Waals surface area contributed by atoms with Crippen molar-refractivity contribution >= 4 is 0 Å². The third kappa shape index (κ3) is 1.56. The molecule has 0 bridgehead atoms. The van der Waals surface area contributed by atoms with Crippen molar-refractivity contribution in [3.63, 3.8) is 0 Å². The summed E-state index contributed by atoms with van der Waals surface area (Å²) >= 11 is 0. The van der Waals surface area contributed by atoms with Gasteiger partial charge in [-0.25, -0.2) is 0 Å². The van der Waals surface area contributed by atoms with E-state index in [2.05, 4.69) is 0 Å². The molecule has 1 aliphatic carbocycles. The predicted molar refractivity (Wildman–Crippen MR) is 37.4 cm³/mol. The fourth-order valence-corrected chi connectivity index (χ4v) is 1.36. The Labute approximate surface area is 68.6 Å². The van der Waals surface area contributed by atoms with E-state index in [1.807, 2.05) is 0 Å². The highest BCUT2D eigenvalue weighted by Crippen LogP contribution is 2.49. The predicted octanol–water partition coefficient (Wildman–Crippen LogP) is 1.04. The zero-order valence-electron chi connectivity index (χ0n) is 6.56. The molecule has 0 saturated heterocycles. The first kappa shape index (κ1) is 9.80. The normalized spacial score (nSPS) is 23.8. The second-order valence-electron chi connectivity index (χ2n) is 3.23. The van der Waals surface area contributed by atoms with Crippen molar-refractivity contribution in [1.29, 1.82) is 0 Å². The summed E-state index contributed by atoms with van der Waals surface area (Å²) in [6, 6.07) is 0. The standard InChI is InChI=1S/C7H12F3NO/c8-7(9,10)6(12,3-4-11)5-1-2-5/h5,12H,1-4,11H2. The highest BCUT2D eigenvalue weighted by Gasteiger charge is 2.60. The molecule has 0 spiro atoms. The van der Waals surface area contributed by atoms with Gasteiger partial charge >= 0.3 is 6.18 Å². The molecule has 1 aliphatic rings. The van der Waals surface area contributed by atoms with Crippen LogP contribution < -0.4 is 5.73 Å². The summed E-state index contributed by atoms with van der Waals surface area (Å²) in [5.41, 5.74) is 2.49. The lowest BCUT2D eigenvalue weighted by atomic mass is 9.93. The van der Waals surface area contributed by atoms with Crippen LogP contribution in [0, 0.1) is 5.92 Å². The lowest BCUT2D eigenvalue weighted by molar-refractivity contribution is -0.270. The lowest BCUT2D eigenvalue weighted by Crippen LogP contribution is -2.48. The summed E-state index contributed by atoms with van der Waals surface area (Å²) in [7, 11) is 0. The number of nitrogens with two attached hydrogens (primary N) is 1. The van der Waals surface area contributed by atoms with Crippen LogP contribution in [0.15, 0.2) is 0 Å². The van der Waals surface area contributed by atoms with E-state index in [0.29, 0.717) is 12.8 Å². The van der Waals surface area contributed by atoms with Crippen LogP contribution in [0.25, 0.3) is 0 Å². The van der Waals surface area contributed by atoms with Gasteiger partial charge in [-0.15, -0.1) is 0 Å². The van der Waals surface area contributed by atoms with E-state index in [1.54, 1.807) is 0 Å². The highest BCUT2D eigenvalue weighted by molar-refractivity contribution is 4.99. The molecule has 2 nitrogen and oxygen atoms in total. The SMILES string of the molecule is NCCC(O)(C1CC1)C(F)(F)F. The van der Waals surface area contributed by atoms with E-state index in [0.717, 1.165) is 0 Å². The van der Waals surface area contributed by atoms with Crippen molar-refractivity contribution in [2.75, 3.05) is 6.54 Å². The summed E-state index contributed by atoms with van der Waals surface area (Å²) in [6.45, 7) is -0.132. The molecule has 1 rings (SSSR count). The molecule has 5 heteroatoms. The molecule has 3 N–H and O–H groups in total. The Hall–Kier alpha value is -0.290. The van der Waals surface area contributed by atoms with Gasteiger partial charge in [0.15, 0.2) is 5.60 Å². The Kier molecular flexibility index (Phi) is 2.35. The van der Waals surface area contributed by atoms with Gasteiger partial charge in [0.1, 0.15) is 0 Å². The topological polar surface area (TPSA) is 46.2 Å². The van der Waals surface area contributed by atoms with Crippen LogP contribution in [0.4, 0.5) is 13.2 Å². The average molecular weight is 183 g/mol. The average Bonchev–Trinajstić information content (AvgIpc) is 2.65. The zero-order valence-corrected chi connectivity index (χ0v) is 6.56. The zero-order chi connectivity index (χ0) is 9.41. The molecule has 1 fully saturated rings. The second-order valence-corrected chi connectivity index (χ2v) is 3.23. The molecular weight excluding hydrogens is 171 g/mol. The van der Waals surface area contributed by atoms with E-state index >= 15 is 0 Å². The number of halogens is 3. The van der Waals surface area contributed by atoms with Crippen LogP contribution in [-0.4, -0.2) is 23.4 Å². The first-order valence-electron chi connectivity index (χ1n) is 3.91. The van der Waals surface area contributed by atoms with Crippen molar-refractivity contribution in [3.05, 3.63) is 0 Å². The quantitative estimate of drug-likeness (QED) is 0.686. The number of rotatable bonds is 3. The molecule has 0 aromatic heterocycles. The van der Waals surface area contributed by atoms with Gasteiger partial charge in [-0.2, -0.15) is 13.2 Å². The molecule has 1 saturated carbocycles. The van der Waals surface area contributed by atoms with Gasteiger partial charge in [-0.05, 0) is 31.7 Å². The molecule has 0 amide bonds. The van der Waals surface area contributed by atoms with Gasteiger partial charge in [0.2, 0.25) is 0 Å². The largest absolute Gasteiger partial charge is 0.417 e. The molecule has 1 atom stereocenters. The van der Waals surface area contributed by atoms with Crippen LogP contribution in [-0.2, 0) is 0 Å². The molecule has 12 heavy (non-hydrogen) atoms.